The number of methoxy groups -OCH3 is 1. The average molecular weight is 304 g/mol. The molecular weight excluding hydrogens is 289 g/mol. The molecule has 4 nitrogen and oxygen atoms in total. The normalized spacial score (nSPS) is 11.3. The summed E-state index contributed by atoms with van der Waals surface area (Å²) in [5.74, 6) is -0.302. The van der Waals surface area contributed by atoms with E-state index in [2.05, 4.69) is 9.89 Å². The predicted molar refractivity (Wildman–Crippen MR) is 75.9 cm³/mol. The Morgan fingerprint density at radius 2 is 2.00 bits per heavy atom. The van der Waals surface area contributed by atoms with Gasteiger partial charge in [-0.2, -0.15) is 0 Å². The van der Waals surface area contributed by atoms with E-state index in [1.54, 1.807) is 18.2 Å². The summed E-state index contributed by atoms with van der Waals surface area (Å²) in [5, 5.41) is 4.90. The molecule has 0 heterocycles. The second-order valence-corrected chi connectivity index (χ2v) is 4.48. The van der Waals surface area contributed by atoms with E-state index in [0.717, 1.165) is 5.56 Å². The standard InChI is InChI=1S/C13H15Cl2NO3/c1-3-19-16-12(6-7-13(17)18-2)9-4-5-10(14)11(15)8-9/h4-5,8H,3,6-7H2,1-2H3/b16-12-. The fourth-order valence-electron chi connectivity index (χ4n) is 1.38. The molecule has 0 aromatic heterocycles. The van der Waals surface area contributed by atoms with Crippen LogP contribution in [0.15, 0.2) is 23.4 Å². The molecule has 1 rings (SSSR count). The molecule has 0 bridgehead atoms. The van der Waals surface area contributed by atoms with Crippen LogP contribution in [0.2, 0.25) is 10.0 Å². The fourth-order valence-corrected chi connectivity index (χ4v) is 1.68. The Morgan fingerprint density at radius 3 is 2.58 bits per heavy atom. The van der Waals surface area contributed by atoms with Gasteiger partial charge in [0.1, 0.15) is 6.61 Å². The summed E-state index contributed by atoms with van der Waals surface area (Å²) >= 11 is 11.8. The summed E-state index contributed by atoms with van der Waals surface area (Å²) in [6, 6.07) is 5.15. The van der Waals surface area contributed by atoms with Crippen LogP contribution in [0.4, 0.5) is 0 Å². The third-order valence-electron chi connectivity index (χ3n) is 2.35. The number of hydrogen-bond acceptors (Lipinski definition) is 4. The van der Waals surface area contributed by atoms with Crippen LogP contribution in [0.5, 0.6) is 0 Å². The van der Waals surface area contributed by atoms with Gasteiger partial charge in [0.15, 0.2) is 0 Å². The Hall–Kier alpha value is -1.26. The van der Waals surface area contributed by atoms with E-state index in [-0.39, 0.29) is 12.4 Å². The zero-order chi connectivity index (χ0) is 14.3. The van der Waals surface area contributed by atoms with Gasteiger partial charge in [-0.25, -0.2) is 0 Å². The number of oxime groups is 1. The van der Waals surface area contributed by atoms with E-state index in [9.17, 15) is 4.79 Å². The SMILES string of the molecule is CCO/N=C(/CCC(=O)OC)c1ccc(Cl)c(Cl)c1. The van der Waals surface area contributed by atoms with Crippen molar-refractivity contribution in [1.29, 1.82) is 0 Å². The first-order valence-electron chi connectivity index (χ1n) is 5.79. The lowest BCUT2D eigenvalue weighted by Crippen LogP contribution is -2.08. The highest BCUT2D eigenvalue weighted by molar-refractivity contribution is 6.42. The van der Waals surface area contributed by atoms with Crippen molar-refractivity contribution in [1.82, 2.24) is 0 Å². The first-order valence-corrected chi connectivity index (χ1v) is 6.55. The van der Waals surface area contributed by atoms with Gasteiger partial charge in [0.05, 0.1) is 29.3 Å². The van der Waals surface area contributed by atoms with Crippen LogP contribution in [0.1, 0.15) is 25.3 Å². The van der Waals surface area contributed by atoms with Gasteiger partial charge in [0.2, 0.25) is 0 Å². The van der Waals surface area contributed by atoms with Crippen LogP contribution in [0, 0.1) is 0 Å². The lowest BCUT2D eigenvalue weighted by molar-refractivity contribution is -0.140. The van der Waals surface area contributed by atoms with Crippen molar-refractivity contribution in [2.75, 3.05) is 13.7 Å². The molecule has 19 heavy (non-hydrogen) atoms. The zero-order valence-electron chi connectivity index (χ0n) is 10.8. The summed E-state index contributed by atoms with van der Waals surface area (Å²) in [6.07, 6.45) is 0.632. The molecule has 0 unspecified atom stereocenters. The van der Waals surface area contributed by atoms with Gasteiger partial charge < -0.3 is 9.57 Å². The number of ether oxygens (including phenoxy) is 1. The maximum absolute atomic E-state index is 11.2. The van der Waals surface area contributed by atoms with Crippen molar-refractivity contribution in [3.05, 3.63) is 33.8 Å². The van der Waals surface area contributed by atoms with Gasteiger partial charge in [-0.1, -0.05) is 34.4 Å². The first-order chi connectivity index (χ1) is 9.08. The minimum atomic E-state index is -0.302. The number of nitrogens with zero attached hydrogens (tertiary/aromatic N) is 1. The highest BCUT2D eigenvalue weighted by atomic mass is 35.5. The Balaban J connectivity index is 2.89. The molecule has 0 amide bonds. The number of hydrogen-bond donors (Lipinski definition) is 0. The van der Waals surface area contributed by atoms with Crippen LogP contribution in [0.25, 0.3) is 0 Å². The molecule has 0 spiro atoms. The maximum Gasteiger partial charge on any atom is 0.305 e. The lowest BCUT2D eigenvalue weighted by atomic mass is 10.1. The van der Waals surface area contributed by atoms with Gasteiger partial charge in [0.25, 0.3) is 0 Å². The Kier molecular flexibility index (Phi) is 6.67. The van der Waals surface area contributed by atoms with E-state index in [0.29, 0.717) is 28.8 Å². The molecule has 0 saturated carbocycles. The number of carbonyl (C=O) groups excluding carboxylic acids is 1. The van der Waals surface area contributed by atoms with Crippen LogP contribution in [0.3, 0.4) is 0 Å². The highest BCUT2D eigenvalue weighted by Gasteiger charge is 2.10. The third-order valence-corrected chi connectivity index (χ3v) is 3.09. The van der Waals surface area contributed by atoms with Crippen molar-refractivity contribution < 1.29 is 14.4 Å². The number of carbonyl (C=O) groups is 1. The van der Waals surface area contributed by atoms with Crippen molar-refractivity contribution in [3.8, 4) is 0 Å². The van der Waals surface area contributed by atoms with E-state index in [1.807, 2.05) is 6.92 Å². The van der Waals surface area contributed by atoms with Crippen molar-refractivity contribution in [2.45, 2.75) is 19.8 Å². The molecule has 0 atom stereocenters. The molecule has 0 aliphatic rings. The lowest BCUT2D eigenvalue weighted by Gasteiger charge is -2.07. The molecule has 1 aromatic rings. The number of benzene rings is 1. The van der Waals surface area contributed by atoms with E-state index in [4.69, 9.17) is 28.0 Å². The third kappa shape index (κ3) is 5.09. The summed E-state index contributed by atoms with van der Waals surface area (Å²) in [6.45, 7) is 2.28. The summed E-state index contributed by atoms with van der Waals surface area (Å²) in [5.41, 5.74) is 1.40. The second-order valence-electron chi connectivity index (χ2n) is 3.66. The Morgan fingerprint density at radius 1 is 1.26 bits per heavy atom. The smallest absolute Gasteiger partial charge is 0.305 e. The van der Waals surface area contributed by atoms with Crippen LogP contribution in [-0.2, 0) is 14.4 Å². The summed E-state index contributed by atoms with van der Waals surface area (Å²) in [4.78, 5) is 16.2. The number of halogens is 2. The maximum atomic E-state index is 11.2. The van der Waals surface area contributed by atoms with Crippen LogP contribution >= 0.6 is 23.2 Å². The predicted octanol–water partition coefficient (Wildman–Crippen LogP) is 3.69. The minimum absolute atomic E-state index is 0.225. The van der Waals surface area contributed by atoms with Gasteiger partial charge in [-0.15, -0.1) is 0 Å². The molecule has 0 saturated heterocycles. The van der Waals surface area contributed by atoms with E-state index in [1.165, 1.54) is 7.11 Å². The fraction of sp³-hybridized carbons (Fsp3) is 0.385. The van der Waals surface area contributed by atoms with Crippen LogP contribution in [-0.4, -0.2) is 25.4 Å². The van der Waals surface area contributed by atoms with Gasteiger partial charge in [-0.05, 0) is 19.1 Å². The van der Waals surface area contributed by atoms with Gasteiger partial charge in [0, 0.05) is 12.0 Å². The van der Waals surface area contributed by atoms with Crippen molar-refractivity contribution in [3.63, 3.8) is 0 Å². The summed E-state index contributed by atoms with van der Waals surface area (Å²) in [7, 11) is 1.35. The molecule has 0 aliphatic heterocycles. The number of esters is 1. The van der Waals surface area contributed by atoms with Crippen molar-refractivity contribution in [2.24, 2.45) is 5.16 Å². The Labute approximate surface area is 122 Å². The quantitative estimate of drug-likeness (QED) is 0.457. The van der Waals surface area contributed by atoms with E-state index >= 15 is 0 Å². The second kappa shape index (κ2) is 8.02. The highest BCUT2D eigenvalue weighted by Crippen LogP contribution is 2.23. The molecule has 1 aromatic carbocycles. The molecule has 0 N–H and O–H groups in total. The molecule has 0 radical (unpaired) electrons. The first kappa shape index (κ1) is 15.8. The Bertz CT molecular complexity index is 475. The van der Waals surface area contributed by atoms with Gasteiger partial charge >= 0.3 is 5.97 Å². The molecule has 6 heteroatoms. The summed E-state index contributed by atoms with van der Waals surface area (Å²) < 4.78 is 4.60. The topological polar surface area (TPSA) is 47.9 Å². The van der Waals surface area contributed by atoms with Crippen molar-refractivity contribution >= 4 is 34.9 Å². The molecule has 0 fully saturated rings. The largest absolute Gasteiger partial charge is 0.469 e. The van der Waals surface area contributed by atoms with E-state index < -0.39 is 0 Å². The van der Waals surface area contributed by atoms with Gasteiger partial charge in [-0.3, -0.25) is 4.79 Å². The number of rotatable bonds is 6. The molecular formula is C13H15Cl2NO3. The van der Waals surface area contributed by atoms with Crippen LogP contribution < -0.4 is 0 Å². The monoisotopic (exact) mass is 303 g/mol. The molecule has 104 valence electrons. The zero-order valence-corrected chi connectivity index (χ0v) is 12.3. The average Bonchev–Trinajstić information content (AvgIpc) is 2.42. The molecule has 0 aliphatic carbocycles. The minimum Gasteiger partial charge on any atom is -0.469 e.